The molecular formula is C15H17ClN2S2. The third kappa shape index (κ3) is 3.35. The van der Waals surface area contributed by atoms with Crippen molar-refractivity contribution in [2.24, 2.45) is 0 Å². The highest BCUT2D eigenvalue weighted by atomic mass is 35.5. The Balaban J connectivity index is 1.72. The van der Waals surface area contributed by atoms with Crippen LogP contribution in [-0.2, 0) is 13.0 Å². The molecule has 106 valence electrons. The summed E-state index contributed by atoms with van der Waals surface area (Å²) in [5.41, 5.74) is 1.27. The lowest BCUT2D eigenvalue weighted by molar-refractivity contribution is 0.597. The molecule has 0 amide bonds. The van der Waals surface area contributed by atoms with Gasteiger partial charge in [0, 0.05) is 35.5 Å². The van der Waals surface area contributed by atoms with Gasteiger partial charge in [0.15, 0.2) is 0 Å². The van der Waals surface area contributed by atoms with Crippen LogP contribution in [0.3, 0.4) is 0 Å². The first kappa shape index (κ1) is 14.4. The largest absolute Gasteiger partial charge is 0.337 e. The molecule has 0 atom stereocenters. The van der Waals surface area contributed by atoms with Crippen molar-refractivity contribution in [3.8, 4) is 0 Å². The summed E-state index contributed by atoms with van der Waals surface area (Å²) < 4.78 is 2.42. The highest BCUT2D eigenvalue weighted by Gasteiger charge is 2.35. The fourth-order valence-corrected chi connectivity index (χ4v) is 5.92. The number of nitrogens with zero attached hydrogens (tertiary/aromatic N) is 2. The van der Waals surface area contributed by atoms with Crippen LogP contribution in [0.5, 0.6) is 0 Å². The summed E-state index contributed by atoms with van der Waals surface area (Å²) >= 11 is 10.5. The van der Waals surface area contributed by atoms with E-state index in [2.05, 4.69) is 45.2 Å². The molecule has 20 heavy (non-hydrogen) atoms. The number of aromatic nitrogens is 2. The minimum Gasteiger partial charge on any atom is -0.337 e. The van der Waals surface area contributed by atoms with E-state index in [1.807, 2.05) is 30.9 Å². The first-order valence-corrected chi connectivity index (χ1v) is 9.09. The molecule has 0 spiro atoms. The standard InChI is InChI=1S/C15H17ClN2S2/c16-14-4-2-1-3-13(14)11-15(19-9-10-20-15)5-7-18-8-6-17-12-18/h1-4,6,8,12H,5,7,9-11H2. The van der Waals surface area contributed by atoms with Crippen LogP contribution < -0.4 is 0 Å². The van der Waals surface area contributed by atoms with E-state index >= 15 is 0 Å². The molecular weight excluding hydrogens is 308 g/mol. The van der Waals surface area contributed by atoms with E-state index in [0.717, 1.165) is 24.4 Å². The number of hydrogen-bond acceptors (Lipinski definition) is 3. The van der Waals surface area contributed by atoms with Gasteiger partial charge in [-0.2, -0.15) is 0 Å². The van der Waals surface area contributed by atoms with Crippen LogP contribution >= 0.6 is 35.1 Å². The maximum Gasteiger partial charge on any atom is 0.0945 e. The SMILES string of the molecule is Clc1ccccc1CC1(CCn2ccnc2)SCCS1. The molecule has 5 heteroatoms. The number of benzene rings is 1. The van der Waals surface area contributed by atoms with Crippen molar-refractivity contribution in [3.63, 3.8) is 0 Å². The van der Waals surface area contributed by atoms with E-state index in [1.54, 1.807) is 0 Å². The van der Waals surface area contributed by atoms with Crippen molar-refractivity contribution in [1.82, 2.24) is 9.55 Å². The van der Waals surface area contributed by atoms with Gasteiger partial charge < -0.3 is 4.57 Å². The van der Waals surface area contributed by atoms with Gasteiger partial charge in [-0.3, -0.25) is 0 Å². The fraction of sp³-hybridized carbons (Fsp3) is 0.400. The van der Waals surface area contributed by atoms with Crippen LogP contribution in [0.4, 0.5) is 0 Å². The Labute approximate surface area is 133 Å². The van der Waals surface area contributed by atoms with E-state index in [4.69, 9.17) is 11.6 Å². The molecule has 1 saturated heterocycles. The molecule has 0 radical (unpaired) electrons. The van der Waals surface area contributed by atoms with Crippen LogP contribution in [0, 0.1) is 0 Å². The van der Waals surface area contributed by atoms with Crippen LogP contribution in [0.1, 0.15) is 12.0 Å². The second-order valence-electron chi connectivity index (χ2n) is 4.93. The van der Waals surface area contributed by atoms with E-state index in [0.29, 0.717) is 0 Å². The van der Waals surface area contributed by atoms with Crippen LogP contribution in [-0.4, -0.2) is 25.1 Å². The zero-order valence-corrected chi connectivity index (χ0v) is 13.6. The lowest BCUT2D eigenvalue weighted by Crippen LogP contribution is -2.23. The molecule has 0 saturated carbocycles. The molecule has 0 aliphatic carbocycles. The second-order valence-corrected chi connectivity index (χ2v) is 8.55. The van der Waals surface area contributed by atoms with E-state index in [9.17, 15) is 0 Å². The first-order valence-electron chi connectivity index (χ1n) is 6.74. The molecule has 0 N–H and O–H groups in total. The normalized spacial score (nSPS) is 17.4. The Hall–Kier alpha value is -0.580. The van der Waals surface area contributed by atoms with Crippen LogP contribution in [0.2, 0.25) is 5.02 Å². The summed E-state index contributed by atoms with van der Waals surface area (Å²) in [4.78, 5) is 4.12. The molecule has 2 aromatic rings. The fourth-order valence-electron chi connectivity index (χ4n) is 2.48. The van der Waals surface area contributed by atoms with Crippen LogP contribution in [0.25, 0.3) is 0 Å². The van der Waals surface area contributed by atoms with Crippen molar-refractivity contribution < 1.29 is 0 Å². The lowest BCUT2D eigenvalue weighted by atomic mass is 10.1. The molecule has 2 heterocycles. The van der Waals surface area contributed by atoms with E-state index < -0.39 is 0 Å². The molecule has 1 aromatic heterocycles. The quantitative estimate of drug-likeness (QED) is 0.814. The number of thioether (sulfide) groups is 2. The summed E-state index contributed by atoms with van der Waals surface area (Å²) in [6.07, 6.45) is 7.96. The van der Waals surface area contributed by atoms with Gasteiger partial charge in [0.1, 0.15) is 0 Å². The molecule has 1 aromatic carbocycles. The van der Waals surface area contributed by atoms with Gasteiger partial charge in [0.25, 0.3) is 0 Å². The molecule has 2 nitrogen and oxygen atoms in total. The molecule has 3 rings (SSSR count). The van der Waals surface area contributed by atoms with Gasteiger partial charge in [-0.05, 0) is 24.5 Å². The van der Waals surface area contributed by atoms with Gasteiger partial charge >= 0.3 is 0 Å². The van der Waals surface area contributed by atoms with Crippen molar-refractivity contribution in [2.45, 2.75) is 23.5 Å². The monoisotopic (exact) mass is 324 g/mol. The number of imidazole rings is 1. The maximum absolute atomic E-state index is 6.33. The Bertz CT molecular complexity index is 551. The molecule has 0 unspecified atom stereocenters. The summed E-state index contributed by atoms with van der Waals surface area (Å²) in [5, 5.41) is 0.891. The van der Waals surface area contributed by atoms with Gasteiger partial charge in [0.05, 0.1) is 10.4 Å². The van der Waals surface area contributed by atoms with Crippen molar-refractivity contribution >= 4 is 35.1 Å². The molecule has 1 aliphatic heterocycles. The first-order chi connectivity index (χ1) is 9.77. The van der Waals surface area contributed by atoms with Crippen molar-refractivity contribution in [1.29, 1.82) is 0 Å². The summed E-state index contributed by atoms with van der Waals surface area (Å²) in [6.45, 7) is 1.02. The van der Waals surface area contributed by atoms with Crippen molar-refractivity contribution in [2.75, 3.05) is 11.5 Å². The van der Waals surface area contributed by atoms with Gasteiger partial charge in [-0.1, -0.05) is 29.8 Å². The predicted octanol–water partition coefficient (Wildman–Crippen LogP) is 4.35. The van der Waals surface area contributed by atoms with Gasteiger partial charge in [-0.15, -0.1) is 23.5 Å². The van der Waals surface area contributed by atoms with Gasteiger partial charge in [-0.25, -0.2) is 4.98 Å². The zero-order valence-electron chi connectivity index (χ0n) is 11.2. The minimum absolute atomic E-state index is 0.259. The average Bonchev–Trinajstić information content (AvgIpc) is 3.11. The van der Waals surface area contributed by atoms with Crippen LogP contribution in [0.15, 0.2) is 43.0 Å². The maximum atomic E-state index is 6.33. The molecule has 1 aliphatic rings. The number of rotatable bonds is 5. The smallest absolute Gasteiger partial charge is 0.0945 e. The third-order valence-corrected chi connectivity index (χ3v) is 7.44. The Morgan fingerprint density at radius 3 is 2.75 bits per heavy atom. The Morgan fingerprint density at radius 2 is 2.05 bits per heavy atom. The zero-order chi connectivity index (χ0) is 13.8. The summed E-state index contributed by atoms with van der Waals surface area (Å²) in [7, 11) is 0. The predicted molar refractivity (Wildman–Crippen MR) is 89.6 cm³/mol. The Kier molecular flexibility index (Phi) is 4.64. The highest BCUT2D eigenvalue weighted by Crippen LogP contribution is 2.49. The lowest BCUT2D eigenvalue weighted by Gasteiger charge is -2.28. The minimum atomic E-state index is 0.259. The molecule has 1 fully saturated rings. The number of halogens is 1. The second kappa shape index (κ2) is 6.46. The van der Waals surface area contributed by atoms with Gasteiger partial charge in [0.2, 0.25) is 0 Å². The third-order valence-electron chi connectivity index (χ3n) is 3.54. The average molecular weight is 325 g/mol. The topological polar surface area (TPSA) is 17.8 Å². The summed E-state index contributed by atoms with van der Waals surface area (Å²) in [5.74, 6) is 2.47. The summed E-state index contributed by atoms with van der Waals surface area (Å²) in [6, 6.07) is 8.22. The highest BCUT2D eigenvalue weighted by molar-refractivity contribution is 8.21. The van der Waals surface area contributed by atoms with Crippen molar-refractivity contribution in [3.05, 3.63) is 53.6 Å². The van der Waals surface area contributed by atoms with E-state index in [-0.39, 0.29) is 4.08 Å². The number of hydrogen-bond donors (Lipinski definition) is 0. The number of aryl methyl sites for hydroxylation is 1. The van der Waals surface area contributed by atoms with E-state index in [1.165, 1.54) is 17.1 Å². The molecule has 0 bridgehead atoms. The Morgan fingerprint density at radius 1 is 1.25 bits per heavy atom.